The van der Waals surface area contributed by atoms with Gasteiger partial charge in [0.2, 0.25) is 5.91 Å². The van der Waals surface area contributed by atoms with Crippen molar-refractivity contribution in [3.05, 3.63) is 0 Å². The van der Waals surface area contributed by atoms with Crippen molar-refractivity contribution in [3.8, 4) is 0 Å². The molecule has 1 saturated heterocycles. The molecule has 0 aromatic rings. The fourth-order valence-electron chi connectivity index (χ4n) is 2.69. The molecule has 1 N–H and O–H groups in total. The van der Waals surface area contributed by atoms with Gasteiger partial charge in [0, 0.05) is 6.04 Å². The minimum atomic E-state index is -0.136. The van der Waals surface area contributed by atoms with Crippen LogP contribution in [0.5, 0.6) is 0 Å². The highest BCUT2D eigenvalue weighted by atomic mass is 16.2. The summed E-state index contributed by atoms with van der Waals surface area (Å²) in [7, 11) is 0. The molecule has 0 aromatic heterocycles. The van der Waals surface area contributed by atoms with E-state index in [1.165, 1.54) is 0 Å². The smallest absolute Gasteiger partial charge is 0.244 e. The first-order valence-electron chi connectivity index (χ1n) is 6.25. The van der Waals surface area contributed by atoms with Crippen LogP contribution in [0.3, 0.4) is 0 Å². The van der Waals surface area contributed by atoms with E-state index in [9.17, 15) is 4.79 Å². The fraction of sp³-hybridized carbons (Fsp3) is 0.917. The van der Waals surface area contributed by atoms with Crippen molar-refractivity contribution in [2.75, 3.05) is 0 Å². The summed E-state index contributed by atoms with van der Waals surface area (Å²) >= 11 is 0. The van der Waals surface area contributed by atoms with Crippen LogP contribution >= 0.6 is 0 Å². The first-order chi connectivity index (χ1) is 7.14. The van der Waals surface area contributed by atoms with Crippen LogP contribution in [0.25, 0.3) is 0 Å². The SMILES string of the molecule is CCCC(C)N1C(=O)C2(CC2)NC1CC. The third kappa shape index (κ3) is 1.67. The Morgan fingerprint density at radius 2 is 2.20 bits per heavy atom. The van der Waals surface area contributed by atoms with Crippen molar-refractivity contribution >= 4 is 5.91 Å². The van der Waals surface area contributed by atoms with Gasteiger partial charge in [-0.15, -0.1) is 0 Å². The molecular weight excluding hydrogens is 188 g/mol. The Morgan fingerprint density at radius 3 is 2.67 bits per heavy atom. The molecule has 2 fully saturated rings. The van der Waals surface area contributed by atoms with Crippen LogP contribution in [0, 0.1) is 0 Å². The number of carbonyl (C=O) groups is 1. The van der Waals surface area contributed by atoms with Gasteiger partial charge in [0.1, 0.15) is 0 Å². The van der Waals surface area contributed by atoms with Crippen molar-refractivity contribution < 1.29 is 4.79 Å². The standard InChI is InChI=1S/C12H22N2O/c1-4-6-9(3)14-10(5-2)13-12(7-8-12)11(14)15/h9-10,13H,4-8H2,1-3H3. The predicted octanol–water partition coefficient (Wildman–Crippen LogP) is 1.88. The van der Waals surface area contributed by atoms with Crippen LogP contribution in [0.1, 0.15) is 52.9 Å². The van der Waals surface area contributed by atoms with Gasteiger partial charge in [-0.1, -0.05) is 20.3 Å². The van der Waals surface area contributed by atoms with Gasteiger partial charge in [-0.05, 0) is 32.6 Å². The number of carbonyl (C=O) groups excluding carboxylic acids is 1. The number of hydrogen-bond acceptors (Lipinski definition) is 2. The molecule has 0 radical (unpaired) electrons. The van der Waals surface area contributed by atoms with E-state index in [0.717, 1.165) is 32.1 Å². The van der Waals surface area contributed by atoms with Gasteiger partial charge in [-0.3, -0.25) is 10.1 Å². The molecule has 1 aliphatic heterocycles. The molecule has 2 rings (SSSR count). The van der Waals surface area contributed by atoms with Crippen LogP contribution in [0.4, 0.5) is 0 Å². The minimum absolute atomic E-state index is 0.136. The van der Waals surface area contributed by atoms with E-state index in [1.54, 1.807) is 0 Å². The summed E-state index contributed by atoms with van der Waals surface area (Å²) in [6.45, 7) is 6.50. The summed E-state index contributed by atoms with van der Waals surface area (Å²) in [4.78, 5) is 14.3. The Balaban J connectivity index is 2.10. The van der Waals surface area contributed by atoms with Gasteiger partial charge < -0.3 is 4.90 Å². The third-order valence-electron chi connectivity index (χ3n) is 3.74. The van der Waals surface area contributed by atoms with Crippen molar-refractivity contribution in [2.45, 2.75) is 70.6 Å². The summed E-state index contributed by atoms with van der Waals surface area (Å²) in [5.74, 6) is 0.357. The maximum atomic E-state index is 12.2. The Kier molecular flexibility index (Phi) is 2.75. The Morgan fingerprint density at radius 1 is 1.53 bits per heavy atom. The zero-order chi connectivity index (χ0) is 11.1. The molecule has 15 heavy (non-hydrogen) atoms. The first kappa shape index (κ1) is 10.9. The van der Waals surface area contributed by atoms with Gasteiger partial charge in [0.25, 0.3) is 0 Å². The number of nitrogens with one attached hydrogen (secondary N) is 1. The average molecular weight is 210 g/mol. The Bertz CT molecular complexity index is 260. The van der Waals surface area contributed by atoms with Crippen molar-refractivity contribution in [1.29, 1.82) is 0 Å². The van der Waals surface area contributed by atoms with Gasteiger partial charge in [-0.25, -0.2) is 0 Å². The van der Waals surface area contributed by atoms with E-state index in [4.69, 9.17) is 0 Å². The highest BCUT2D eigenvalue weighted by molar-refractivity contribution is 5.92. The molecule has 1 saturated carbocycles. The van der Waals surface area contributed by atoms with E-state index >= 15 is 0 Å². The first-order valence-corrected chi connectivity index (χ1v) is 6.25. The lowest BCUT2D eigenvalue weighted by Crippen LogP contribution is -2.42. The molecule has 2 aliphatic rings. The fourth-order valence-corrected chi connectivity index (χ4v) is 2.69. The van der Waals surface area contributed by atoms with Crippen LogP contribution in [0.2, 0.25) is 0 Å². The molecular formula is C12H22N2O. The van der Waals surface area contributed by atoms with Crippen LogP contribution in [-0.2, 0) is 4.79 Å². The molecule has 2 atom stereocenters. The van der Waals surface area contributed by atoms with Gasteiger partial charge in [-0.2, -0.15) is 0 Å². The monoisotopic (exact) mass is 210 g/mol. The zero-order valence-corrected chi connectivity index (χ0v) is 10.0. The van der Waals surface area contributed by atoms with Crippen LogP contribution in [0.15, 0.2) is 0 Å². The molecule has 3 nitrogen and oxygen atoms in total. The van der Waals surface area contributed by atoms with E-state index in [-0.39, 0.29) is 11.7 Å². The van der Waals surface area contributed by atoms with E-state index in [0.29, 0.717) is 11.9 Å². The molecule has 0 aromatic carbocycles. The zero-order valence-electron chi connectivity index (χ0n) is 10.0. The second-order valence-corrected chi connectivity index (χ2v) is 5.00. The van der Waals surface area contributed by atoms with E-state index in [1.807, 2.05) is 0 Å². The predicted molar refractivity (Wildman–Crippen MR) is 60.4 cm³/mol. The van der Waals surface area contributed by atoms with Crippen molar-refractivity contribution in [1.82, 2.24) is 10.2 Å². The summed E-state index contributed by atoms with van der Waals surface area (Å²) in [6, 6.07) is 0.389. The normalized spacial score (nSPS) is 29.9. The topological polar surface area (TPSA) is 32.3 Å². The molecule has 3 heteroatoms. The number of nitrogens with zero attached hydrogens (tertiary/aromatic N) is 1. The molecule has 1 aliphatic carbocycles. The summed E-state index contributed by atoms with van der Waals surface area (Å²) in [5, 5.41) is 3.51. The highest BCUT2D eigenvalue weighted by Gasteiger charge is 2.59. The minimum Gasteiger partial charge on any atom is -0.323 e. The van der Waals surface area contributed by atoms with Crippen LogP contribution < -0.4 is 5.32 Å². The summed E-state index contributed by atoms with van der Waals surface area (Å²) < 4.78 is 0. The number of amides is 1. The quantitative estimate of drug-likeness (QED) is 0.768. The molecule has 1 heterocycles. The molecule has 86 valence electrons. The Hall–Kier alpha value is -0.570. The van der Waals surface area contributed by atoms with Crippen LogP contribution in [-0.4, -0.2) is 28.6 Å². The lowest BCUT2D eigenvalue weighted by Gasteiger charge is -2.29. The second-order valence-electron chi connectivity index (χ2n) is 5.00. The van der Waals surface area contributed by atoms with Crippen molar-refractivity contribution in [3.63, 3.8) is 0 Å². The lowest BCUT2D eigenvalue weighted by molar-refractivity contribution is -0.132. The summed E-state index contributed by atoms with van der Waals surface area (Å²) in [5.41, 5.74) is -0.136. The largest absolute Gasteiger partial charge is 0.323 e. The maximum Gasteiger partial charge on any atom is 0.244 e. The van der Waals surface area contributed by atoms with Crippen molar-refractivity contribution in [2.24, 2.45) is 0 Å². The third-order valence-corrected chi connectivity index (χ3v) is 3.74. The van der Waals surface area contributed by atoms with E-state index in [2.05, 4.69) is 31.0 Å². The number of rotatable bonds is 4. The molecule has 1 spiro atoms. The van der Waals surface area contributed by atoms with Gasteiger partial charge in [0.05, 0.1) is 11.7 Å². The van der Waals surface area contributed by atoms with E-state index < -0.39 is 0 Å². The molecule has 2 unspecified atom stereocenters. The highest BCUT2D eigenvalue weighted by Crippen LogP contribution is 2.43. The van der Waals surface area contributed by atoms with Gasteiger partial charge in [0.15, 0.2) is 0 Å². The maximum absolute atomic E-state index is 12.2. The molecule has 0 bridgehead atoms. The lowest BCUT2D eigenvalue weighted by atomic mass is 10.1. The summed E-state index contributed by atoms with van der Waals surface area (Å²) in [6.07, 6.45) is 5.63. The average Bonchev–Trinajstić information content (AvgIpc) is 2.91. The number of hydrogen-bond donors (Lipinski definition) is 1. The molecule has 1 amide bonds. The Labute approximate surface area is 92.2 Å². The second kappa shape index (κ2) is 3.78. The van der Waals surface area contributed by atoms with Gasteiger partial charge >= 0.3 is 0 Å².